The van der Waals surface area contributed by atoms with Crippen LogP contribution in [0.2, 0.25) is 0 Å². The highest BCUT2D eigenvalue weighted by atomic mass is 28.4. The first-order valence-corrected chi connectivity index (χ1v) is 14.0. The van der Waals surface area contributed by atoms with Crippen molar-refractivity contribution < 1.29 is 23.1 Å². The molecule has 0 aliphatic rings. The predicted octanol–water partition coefficient (Wildman–Crippen LogP) is 2.65. The van der Waals surface area contributed by atoms with E-state index in [2.05, 4.69) is 24.3 Å². The molecule has 0 fully saturated rings. The molecule has 0 unspecified atom stereocenters. The maximum Gasteiger partial charge on any atom is 0.276 e. The number of rotatable bonds is 10. The average Bonchev–Trinajstić information content (AvgIpc) is 2.94. The van der Waals surface area contributed by atoms with Crippen LogP contribution in [0.5, 0.6) is 23.0 Å². The Morgan fingerprint density at radius 1 is 0.457 bits per heavy atom. The van der Waals surface area contributed by atoms with Gasteiger partial charge in [-0.1, -0.05) is 60.7 Å². The van der Waals surface area contributed by atoms with Crippen LogP contribution in [0.15, 0.2) is 97.1 Å². The minimum absolute atomic E-state index is 0.760. The molecule has 0 atom stereocenters. The van der Waals surface area contributed by atoms with Gasteiger partial charge in [0, 0.05) is 10.4 Å². The van der Waals surface area contributed by atoms with Crippen molar-refractivity contribution in [2.45, 2.75) is 0 Å². The summed E-state index contributed by atoms with van der Waals surface area (Å²) in [6, 6.07) is 32.4. The van der Waals surface area contributed by atoms with Crippen molar-refractivity contribution in [2.24, 2.45) is 0 Å². The zero-order chi connectivity index (χ0) is 24.6. The molecule has 35 heavy (non-hydrogen) atoms. The Bertz CT molecular complexity index is 1140. The van der Waals surface area contributed by atoms with E-state index in [1.54, 1.807) is 28.4 Å². The minimum Gasteiger partial charge on any atom is -0.497 e. The van der Waals surface area contributed by atoms with Crippen LogP contribution in [-0.2, 0) is 4.12 Å². The van der Waals surface area contributed by atoms with Crippen LogP contribution in [0.25, 0.3) is 0 Å². The molecule has 4 aromatic rings. The predicted molar refractivity (Wildman–Crippen MR) is 143 cm³/mol. The maximum absolute atomic E-state index is 7.21. The lowest BCUT2D eigenvalue weighted by molar-refractivity contribution is 0.404. The fraction of sp³-hybridized carbons (Fsp3) is 0.143. The zero-order valence-corrected chi connectivity index (χ0v) is 22.3. The third kappa shape index (κ3) is 5.59. The third-order valence-corrected chi connectivity index (χ3v) is 10.7. The molecular formula is C28H28O5Si2. The van der Waals surface area contributed by atoms with Gasteiger partial charge >= 0.3 is 0 Å². The van der Waals surface area contributed by atoms with E-state index >= 15 is 0 Å². The zero-order valence-electron chi connectivity index (χ0n) is 20.3. The molecule has 0 spiro atoms. The van der Waals surface area contributed by atoms with E-state index in [1.807, 2.05) is 72.8 Å². The van der Waals surface area contributed by atoms with E-state index in [-0.39, 0.29) is 0 Å². The summed E-state index contributed by atoms with van der Waals surface area (Å²) in [6.07, 6.45) is 0. The highest BCUT2D eigenvalue weighted by molar-refractivity contribution is 6.92. The molecule has 2 radical (unpaired) electrons. The quantitative estimate of drug-likeness (QED) is 0.313. The summed E-state index contributed by atoms with van der Waals surface area (Å²) in [5.74, 6) is 3.07. The van der Waals surface area contributed by atoms with Gasteiger partial charge in [-0.05, 0) is 46.8 Å². The Morgan fingerprint density at radius 3 is 1.20 bits per heavy atom. The van der Waals surface area contributed by atoms with Crippen LogP contribution < -0.4 is 39.7 Å². The molecule has 0 saturated carbocycles. The SMILES string of the molecule is COc1ccc(OC)c([Si](O[Si](c2ccccc2)c2cc(OC)ccc2OC)c2ccccc2)c1. The third-order valence-electron chi connectivity index (χ3n) is 5.58. The Morgan fingerprint density at radius 2 is 0.857 bits per heavy atom. The maximum atomic E-state index is 7.21. The van der Waals surface area contributed by atoms with E-state index in [0.717, 1.165) is 43.7 Å². The first-order valence-electron chi connectivity index (χ1n) is 11.2. The highest BCUT2D eigenvalue weighted by Gasteiger charge is 2.32. The summed E-state index contributed by atoms with van der Waals surface area (Å²) >= 11 is 0. The van der Waals surface area contributed by atoms with Crippen LogP contribution in [0, 0.1) is 0 Å². The summed E-state index contributed by atoms with van der Waals surface area (Å²) in [5.41, 5.74) is 0. The normalized spacial score (nSPS) is 10.9. The molecule has 0 heterocycles. The molecule has 0 saturated heterocycles. The molecular weight excluding hydrogens is 472 g/mol. The van der Waals surface area contributed by atoms with Crippen molar-refractivity contribution in [3.63, 3.8) is 0 Å². The molecule has 178 valence electrons. The van der Waals surface area contributed by atoms with Crippen LogP contribution in [0.4, 0.5) is 0 Å². The molecule has 7 heteroatoms. The average molecular weight is 501 g/mol. The summed E-state index contributed by atoms with van der Waals surface area (Å²) in [7, 11) is 3.17. The Hall–Kier alpha value is -3.53. The second-order valence-electron chi connectivity index (χ2n) is 7.62. The first kappa shape index (κ1) is 24.6. The summed E-state index contributed by atoms with van der Waals surface area (Å²) in [4.78, 5) is 0. The molecule has 0 aliphatic carbocycles. The lowest BCUT2D eigenvalue weighted by Gasteiger charge is -2.26. The summed E-state index contributed by atoms with van der Waals surface area (Å²) < 4.78 is 29.9. The van der Waals surface area contributed by atoms with Gasteiger partial charge in [-0.25, -0.2) is 0 Å². The summed E-state index contributed by atoms with van der Waals surface area (Å²) in [6.45, 7) is 0. The summed E-state index contributed by atoms with van der Waals surface area (Å²) in [5, 5.41) is 4.21. The number of methoxy groups -OCH3 is 4. The van der Waals surface area contributed by atoms with E-state index in [9.17, 15) is 0 Å². The number of ether oxygens (including phenoxy) is 4. The van der Waals surface area contributed by atoms with Gasteiger partial charge in [-0.3, -0.25) is 0 Å². The van der Waals surface area contributed by atoms with Crippen molar-refractivity contribution in [3.8, 4) is 23.0 Å². The van der Waals surface area contributed by atoms with Crippen LogP contribution >= 0.6 is 0 Å². The standard InChI is InChI=1S/C28H28O5Si2/c1-29-21-15-17-25(31-3)27(19-21)34(23-11-7-5-8-12-23)33-35(24-13-9-6-10-14-24)28-20-22(30-2)16-18-26(28)32-4/h5-20H,1-4H3. The van der Waals surface area contributed by atoms with E-state index in [1.165, 1.54) is 0 Å². The topological polar surface area (TPSA) is 46.2 Å². The number of benzene rings is 4. The van der Waals surface area contributed by atoms with Gasteiger partial charge in [-0.15, -0.1) is 0 Å². The second kappa shape index (κ2) is 11.7. The van der Waals surface area contributed by atoms with E-state index < -0.39 is 18.1 Å². The lowest BCUT2D eigenvalue weighted by Crippen LogP contribution is -2.56. The smallest absolute Gasteiger partial charge is 0.276 e. The van der Waals surface area contributed by atoms with Crippen molar-refractivity contribution in [1.29, 1.82) is 0 Å². The fourth-order valence-electron chi connectivity index (χ4n) is 3.80. The van der Waals surface area contributed by atoms with Crippen molar-refractivity contribution in [3.05, 3.63) is 97.1 Å². The molecule has 4 rings (SSSR count). The second-order valence-corrected chi connectivity index (χ2v) is 12.0. The van der Waals surface area contributed by atoms with Crippen molar-refractivity contribution in [2.75, 3.05) is 28.4 Å². The molecule has 4 aromatic carbocycles. The largest absolute Gasteiger partial charge is 0.497 e. The molecule has 0 bridgehead atoms. The van der Waals surface area contributed by atoms with E-state index in [0.29, 0.717) is 0 Å². The van der Waals surface area contributed by atoms with Gasteiger partial charge in [-0.2, -0.15) is 0 Å². The van der Waals surface area contributed by atoms with Gasteiger partial charge in [0.2, 0.25) is 0 Å². The van der Waals surface area contributed by atoms with Gasteiger partial charge in [0.05, 0.1) is 28.4 Å². The molecule has 0 N–H and O–H groups in total. The lowest BCUT2D eigenvalue weighted by atomic mass is 10.3. The minimum atomic E-state index is -1.77. The van der Waals surface area contributed by atoms with Gasteiger partial charge in [0.1, 0.15) is 23.0 Å². The Labute approximate surface area is 210 Å². The van der Waals surface area contributed by atoms with Crippen molar-refractivity contribution >= 4 is 38.8 Å². The monoisotopic (exact) mass is 500 g/mol. The first-order chi connectivity index (χ1) is 17.2. The van der Waals surface area contributed by atoms with Crippen LogP contribution in [-0.4, -0.2) is 46.5 Å². The molecule has 5 nitrogen and oxygen atoms in total. The van der Waals surface area contributed by atoms with Crippen molar-refractivity contribution in [1.82, 2.24) is 0 Å². The van der Waals surface area contributed by atoms with E-state index in [4.69, 9.17) is 23.1 Å². The Kier molecular flexibility index (Phi) is 8.25. The van der Waals surface area contributed by atoms with Gasteiger partial charge < -0.3 is 23.1 Å². The molecule has 0 amide bonds. The molecule has 0 aliphatic heterocycles. The number of hydrogen-bond acceptors (Lipinski definition) is 5. The Balaban J connectivity index is 1.90. The van der Waals surface area contributed by atoms with Gasteiger partial charge in [0.15, 0.2) is 0 Å². The van der Waals surface area contributed by atoms with Gasteiger partial charge in [0.25, 0.3) is 18.1 Å². The van der Waals surface area contributed by atoms with Crippen LogP contribution in [0.3, 0.4) is 0 Å². The number of hydrogen-bond donors (Lipinski definition) is 0. The molecule has 0 aromatic heterocycles. The highest BCUT2D eigenvalue weighted by Crippen LogP contribution is 2.19. The van der Waals surface area contributed by atoms with Crippen LogP contribution in [0.1, 0.15) is 0 Å². The fourth-order valence-corrected chi connectivity index (χ4v) is 9.42.